The van der Waals surface area contributed by atoms with Gasteiger partial charge in [0.1, 0.15) is 5.75 Å². The van der Waals surface area contributed by atoms with Crippen LogP contribution in [0.25, 0.3) is 0 Å². The number of rotatable bonds is 4. The van der Waals surface area contributed by atoms with Gasteiger partial charge in [-0.05, 0) is 23.6 Å². The van der Waals surface area contributed by atoms with Crippen LogP contribution in [0.2, 0.25) is 0 Å². The SMILES string of the molecule is CC(C)c1ccc(OCc2c[c-]ccc2)cc1.[Br-].[Mg+2]. The second-order valence-electron chi connectivity index (χ2n) is 4.42. The van der Waals surface area contributed by atoms with Crippen molar-refractivity contribution in [2.45, 2.75) is 26.4 Å². The van der Waals surface area contributed by atoms with Gasteiger partial charge in [0.25, 0.3) is 0 Å². The van der Waals surface area contributed by atoms with Gasteiger partial charge >= 0.3 is 23.1 Å². The number of halogens is 1. The first-order chi connectivity index (χ1) is 8.25. The maximum absolute atomic E-state index is 5.71. The molecule has 2 aromatic rings. The van der Waals surface area contributed by atoms with Crippen LogP contribution in [0.3, 0.4) is 0 Å². The van der Waals surface area contributed by atoms with Crippen LogP contribution in [0.4, 0.5) is 0 Å². The van der Waals surface area contributed by atoms with E-state index in [9.17, 15) is 0 Å². The number of hydrogen-bond acceptors (Lipinski definition) is 1. The molecule has 0 saturated carbocycles. The fourth-order valence-electron chi connectivity index (χ4n) is 1.64. The van der Waals surface area contributed by atoms with E-state index in [4.69, 9.17) is 4.74 Å². The summed E-state index contributed by atoms with van der Waals surface area (Å²) < 4.78 is 5.71. The molecule has 0 aliphatic carbocycles. The van der Waals surface area contributed by atoms with Crippen LogP contribution in [-0.4, -0.2) is 23.1 Å². The fourth-order valence-corrected chi connectivity index (χ4v) is 1.64. The summed E-state index contributed by atoms with van der Waals surface area (Å²) in [7, 11) is 0. The third kappa shape index (κ3) is 5.98. The molecule has 19 heavy (non-hydrogen) atoms. The first kappa shape index (κ1) is 18.5. The standard InChI is InChI=1S/C16H17O.BrH.Mg/c1-13(2)15-8-10-16(11-9-15)17-12-14-6-4-3-5-7-14;;/h3-4,6-11,13H,12H2,1-2H3;1H;/q-1;;+2/p-1. The van der Waals surface area contributed by atoms with Crippen molar-refractivity contribution in [2.75, 3.05) is 0 Å². The predicted molar refractivity (Wildman–Crippen MR) is 75.9 cm³/mol. The molecule has 0 fully saturated rings. The van der Waals surface area contributed by atoms with E-state index in [1.54, 1.807) is 0 Å². The molecule has 0 aromatic heterocycles. The summed E-state index contributed by atoms with van der Waals surface area (Å²) in [5.74, 6) is 1.48. The van der Waals surface area contributed by atoms with E-state index in [1.807, 2.05) is 36.4 Å². The van der Waals surface area contributed by atoms with E-state index >= 15 is 0 Å². The topological polar surface area (TPSA) is 9.23 Å². The minimum absolute atomic E-state index is 0. The smallest absolute Gasteiger partial charge is 1.00 e. The molecule has 0 atom stereocenters. The van der Waals surface area contributed by atoms with Crippen LogP contribution >= 0.6 is 0 Å². The Balaban J connectivity index is 0.00000162. The second kappa shape index (κ2) is 9.40. The molecule has 0 unspecified atom stereocenters. The third-order valence-corrected chi connectivity index (χ3v) is 2.72. The van der Waals surface area contributed by atoms with Crippen molar-refractivity contribution in [2.24, 2.45) is 0 Å². The van der Waals surface area contributed by atoms with Crippen molar-refractivity contribution in [3.63, 3.8) is 0 Å². The molecular weight excluding hydrogens is 312 g/mol. The van der Waals surface area contributed by atoms with Gasteiger partial charge in [-0.2, -0.15) is 30.3 Å². The van der Waals surface area contributed by atoms with Gasteiger partial charge in [-0.3, -0.25) is 0 Å². The summed E-state index contributed by atoms with van der Waals surface area (Å²) in [6.45, 7) is 4.98. The average Bonchev–Trinajstić information content (AvgIpc) is 2.38. The van der Waals surface area contributed by atoms with E-state index < -0.39 is 0 Å². The molecule has 0 heterocycles. The molecular formula is C16H17BrMgO. The van der Waals surface area contributed by atoms with Crippen molar-refractivity contribution in [3.05, 3.63) is 65.7 Å². The van der Waals surface area contributed by atoms with Crippen molar-refractivity contribution in [3.8, 4) is 5.75 Å². The molecule has 0 aliphatic heterocycles. The summed E-state index contributed by atoms with van der Waals surface area (Å²) in [6, 6.07) is 19.2. The predicted octanol–water partition coefficient (Wildman–Crippen LogP) is 0.812. The molecule has 2 rings (SSSR count). The fraction of sp³-hybridized carbons (Fsp3) is 0.250. The molecule has 0 spiro atoms. The van der Waals surface area contributed by atoms with E-state index in [1.165, 1.54) is 5.56 Å². The Morgan fingerprint density at radius 3 is 2.32 bits per heavy atom. The monoisotopic (exact) mass is 328 g/mol. The second-order valence-corrected chi connectivity index (χ2v) is 4.42. The number of hydrogen-bond donors (Lipinski definition) is 0. The van der Waals surface area contributed by atoms with Crippen molar-refractivity contribution < 1.29 is 21.7 Å². The van der Waals surface area contributed by atoms with Gasteiger partial charge in [-0.25, -0.2) is 0 Å². The summed E-state index contributed by atoms with van der Waals surface area (Å²) in [4.78, 5) is 0. The molecule has 0 radical (unpaired) electrons. The Morgan fingerprint density at radius 1 is 1.11 bits per heavy atom. The van der Waals surface area contributed by atoms with Crippen LogP contribution in [0, 0.1) is 6.07 Å². The van der Waals surface area contributed by atoms with Gasteiger partial charge < -0.3 is 21.7 Å². The van der Waals surface area contributed by atoms with Gasteiger partial charge in [0.05, 0.1) is 6.61 Å². The minimum Gasteiger partial charge on any atom is -1.00 e. The van der Waals surface area contributed by atoms with Gasteiger partial charge in [-0.1, -0.05) is 26.0 Å². The van der Waals surface area contributed by atoms with Gasteiger partial charge in [0.2, 0.25) is 0 Å². The zero-order valence-corrected chi connectivity index (χ0v) is 14.4. The molecule has 3 heteroatoms. The molecule has 0 saturated heterocycles. The number of ether oxygens (including phenoxy) is 1. The molecule has 0 N–H and O–H groups in total. The van der Waals surface area contributed by atoms with Gasteiger partial charge in [0.15, 0.2) is 0 Å². The Labute approximate surface area is 142 Å². The zero-order chi connectivity index (χ0) is 12.1. The molecule has 0 aliphatic rings. The molecule has 2 aromatic carbocycles. The van der Waals surface area contributed by atoms with E-state index in [2.05, 4.69) is 32.0 Å². The van der Waals surface area contributed by atoms with E-state index in [-0.39, 0.29) is 40.0 Å². The third-order valence-electron chi connectivity index (χ3n) is 2.72. The van der Waals surface area contributed by atoms with Crippen LogP contribution in [-0.2, 0) is 6.61 Å². The summed E-state index contributed by atoms with van der Waals surface area (Å²) in [5, 5.41) is 0. The van der Waals surface area contributed by atoms with E-state index in [0.29, 0.717) is 12.5 Å². The van der Waals surface area contributed by atoms with Crippen LogP contribution in [0.5, 0.6) is 5.75 Å². The van der Waals surface area contributed by atoms with E-state index in [0.717, 1.165) is 11.3 Å². The normalized spacial score (nSPS) is 9.42. The number of benzene rings is 2. The molecule has 1 nitrogen and oxygen atoms in total. The maximum atomic E-state index is 5.71. The molecule has 96 valence electrons. The molecule has 0 bridgehead atoms. The van der Waals surface area contributed by atoms with Gasteiger partial charge in [0, 0.05) is 0 Å². The minimum atomic E-state index is 0. The average molecular weight is 330 g/mol. The zero-order valence-electron chi connectivity index (χ0n) is 11.4. The Kier molecular flexibility index (Phi) is 9.15. The Bertz CT molecular complexity index is 454. The molecule has 0 amide bonds. The quantitative estimate of drug-likeness (QED) is 0.596. The van der Waals surface area contributed by atoms with Crippen LogP contribution < -0.4 is 21.7 Å². The summed E-state index contributed by atoms with van der Waals surface area (Å²) in [5.41, 5.74) is 2.48. The van der Waals surface area contributed by atoms with Crippen LogP contribution in [0.15, 0.2) is 48.5 Å². The first-order valence-corrected chi connectivity index (χ1v) is 5.93. The largest absolute Gasteiger partial charge is 2.00 e. The first-order valence-electron chi connectivity index (χ1n) is 5.93. The van der Waals surface area contributed by atoms with Crippen LogP contribution in [0.1, 0.15) is 30.9 Å². The van der Waals surface area contributed by atoms with Crippen molar-refractivity contribution >= 4 is 23.1 Å². The van der Waals surface area contributed by atoms with Crippen molar-refractivity contribution in [1.82, 2.24) is 0 Å². The van der Waals surface area contributed by atoms with Crippen molar-refractivity contribution in [1.29, 1.82) is 0 Å². The van der Waals surface area contributed by atoms with Gasteiger partial charge in [-0.15, -0.1) is 5.56 Å². The summed E-state index contributed by atoms with van der Waals surface area (Å²) >= 11 is 0. The summed E-state index contributed by atoms with van der Waals surface area (Å²) in [6.07, 6.45) is 0. The Hall–Kier alpha value is -0.514. The Morgan fingerprint density at radius 2 is 1.79 bits per heavy atom. The maximum Gasteiger partial charge on any atom is 2.00 e.